The second kappa shape index (κ2) is 7.79. The van der Waals surface area contributed by atoms with Gasteiger partial charge in [-0.2, -0.15) is 0 Å². The van der Waals surface area contributed by atoms with Crippen LogP contribution in [-0.2, 0) is 18.4 Å². The van der Waals surface area contributed by atoms with Crippen molar-refractivity contribution in [3.05, 3.63) is 50.9 Å². The number of nitrogens with one attached hydrogen (secondary N) is 2. The Labute approximate surface area is 146 Å². The van der Waals surface area contributed by atoms with Crippen molar-refractivity contribution in [3.63, 3.8) is 0 Å². The largest absolute Gasteiger partial charge is 0.338 e. The topological polar surface area (TPSA) is 54.0 Å². The molecule has 0 aliphatic heterocycles. The molecule has 23 heavy (non-hydrogen) atoms. The van der Waals surface area contributed by atoms with Gasteiger partial charge >= 0.3 is 6.03 Å². The first-order valence-electron chi connectivity index (χ1n) is 7.55. The Bertz CT molecular complexity index is 647. The Morgan fingerprint density at radius 2 is 1.91 bits per heavy atom. The summed E-state index contributed by atoms with van der Waals surface area (Å²) in [6.07, 6.45) is 0.745. The van der Waals surface area contributed by atoms with Crippen LogP contribution in [0.5, 0.6) is 0 Å². The first-order chi connectivity index (χ1) is 10.8. The summed E-state index contributed by atoms with van der Waals surface area (Å²) < 4.78 is 0. The third-order valence-corrected chi connectivity index (χ3v) is 4.47. The predicted molar refractivity (Wildman–Crippen MR) is 96.2 cm³/mol. The Hall–Kier alpha value is -1.59. The maximum absolute atomic E-state index is 11.8. The van der Waals surface area contributed by atoms with Crippen molar-refractivity contribution >= 4 is 29.0 Å². The fraction of sp³-hybridized carbons (Fsp3) is 0.412. The number of aromatic nitrogens is 1. The van der Waals surface area contributed by atoms with Crippen molar-refractivity contribution < 1.29 is 4.79 Å². The van der Waals surface area contributed by atoms with Gasteiger partial charge in [0, 0.05) is 35.3 Å². The van der Waals surface area contributed by atoms with Gasteiger partial charge in [-0.25, -0.2) is 9.78 Å². The summed E-state index contributed by atoms with van der Waals surface area (Å²) in [6, 6.07) is 7.24. The average molecular weight is 352 g/mol. The number of amides is 2. The van der Waals surface area contributed by atoms with E-state index in [2.05, 4.69) is 41.8 Å². The molecule has 4 nitrogen and oxygen atoms in total. The molecule has 1 aromatic carbocycles. The fourth-order valence-electron chi connectivity index (χ4n) is 1.90. The lowest BCUT2D eigenvalue weighted by Crippen LogP contribution is -2.36. The third kappa shape index (κ3) is 5.84. The van der Waals surface area contributed by atoms with E-state index < -0.39 is 0 Å². The first-order valence-corrected chi connectivity index (χ1v) is 8.81. The molecule has 0 aliphatic rings. The Kier molecular flexibility index (Phi) is 6.02. The number of carbonyl (C=O) groups excluding carboxylic acids is 1. The van der Waals surface area contributed by atoms with Crippen LogP contribution in [0.3, 0.4) is 0 Å². The average Bonchev–Trinajstić information content (AvgIpc) is 2.96. The quantitative estimate of drug-likeness (QED) is 0.850. The van der Waals surface area contributed by atoms with E-state index in [-0.39, 0.29) is 11.4 Å². The van der Waals surface area contributed by atoms with Gasteiger partial charge in [0.2, 0.25) is 0 Å². The zero-order valence-corrected chi connectivity index (χ0v) is 15.2. The van der Waals surface area contributed by atoms with Gasteiger partial charge in [-0.1, -0.05) is 44.5 Å². The number of benzene rings is 1. The predicted octanol–water partition coefficient (Wildman–Crippen LogP) is 4.14. The number of rotatable bonds is 5. The lowest BCUT2D eigenvalue weighted by Gasteiger charge is -2.14. The number of carbonyl (C=O) groups is 1. The molecule has 0 spiro atoms. The molecule has 2 amide bonds. The van der Waals surface area contributed by atoms with E-state index in [1.54, 1.807) is 11.3 Å². The first kappa shape index (κ1) is 17.8. The minimum atomic E-state index is -0.174. The number of hydrogen-bond acceptors (Lipinski definition) is 3. The molecular formula is C17H22ClN3OS. The van der Waals surface area contributed by atoms with E-state index in [4.69, 9.17) is 11.6 Å². The maximum Gasteiger partial charge on any atom is 0.315 e. The van der Waals surface area contributed by atoms with Crippen molar-refractivity contribution in [2.24, 2.45) is 0 Å². The molecular weight excluding hydrogens is 330 g/mol. The molecule has 2 aromatic rings. The smallest absolute Gasteiger partial charge is 0.315 e. The molecule has 0 bridgehead atoms. The molecule has 0 saturated carbocycles. The van der Waals surface area contributed by atoms with E-state index in [9.17, 15) is 4.79 Å². The van der Waals surface area contributed by atoms with Crippen LogP contribution in [0.4, 0.5) is 4.79 Å². The molecule has 1 aromatic heterocycles. The Morgan fingerprint density at radius 3 is 2.52 bits per heavy atom. The molecule has 0 aliphatic carbocycles. The van der Waals surface area contributed by atoms with Crippen LogP contribution in [-0.4, -0.2) is 17.6 Å². The summed E-state index contributed by atoms with van der Waals surface area (Å²) in [6.45, 7) is 7.49. The minimum Gasteiger partial charge on any atom is -0.338 e. The van der Waals surface area contributed by atoms with Gasteiger partial charge in [-0.15, -0.1) is 11.3 Å². The summed E-state index contributed by atoms with van der Waals surface area (Å²) in [5, 5.41) is 9.51. The van der Waals surface area contributed by atoms with Gasteiger partial charge in [-0.3, -0.25) is 0 Å². The fourth-order valence-corrected chi connectivity index (χ4v) is 3.05. The van der Waals surface area contributed by atoms with E-state index in [0.29, 0.717) is 18.1 Å². The van der Waals surface area contributed by atoms with Crippen molar-refractivity contribution in [2.75, 3.05) is 6.54 Å². The SMILES string of the molecule is CC(C)(C)c1csc(CCNC(=O)NCc2ccc(Cl)cc2)n1. The number of thiazole rings is 1. The number of halogens is 1. The van der Waals surface area contributed by atoms with Crippen LogP contribution < -0.4 is 10.6 Å². The van der Waals surface area contributed by atoms with Gasteiger partial charge in [0.1, 0.15) is 0 Å². The van der Waals surface area contributed by atoms with E-state index >= 15 is 0 Å². The zero-order chi connectivity index (χ0) is 16.9. The Balaban J connectivity index is 1.70. The van der Waals surface area contributed by atoms with Crippen LogP contribution in [0, 0.1) is 0 Å². The summed E-state index contributed by atoms with van der Waals surface area (Å²) in [4.78, 5) is 16.4. The summed E-state index contributed by atoms with van der Waals surface area (Å²) >= 11 is 7.47. The van der Waals surface area contributed by atoms with Crippen molar-refractivity contribution in [3.8, 4) is 0 Å². The van der Waals surface area contributed by atoms with Crippen LogP contribution in [0.2, 0.25) is 5.02 Å². The number of hydrogen-bond donors (Lipinski definition) is 2. The second-order valence-corrected chi connectivity index (χ2v) is 7.74. The van der Waals surface area contributed by atoms with Gasteiger partial charge in [0.25, 0.3) is 0 Å². The van der Waals surface area contributed by atoms with E-state index in [0.717, 1.165) is 22.7 Å². The second-order valence-electron chi connectivity index (χ2n) is 6.36. The van der Waals surface area contributed by atoms with Gasteiger partial charge in [-0.05, 0) is 17.7 Å². The van der Waals surface area contributed by atoms with Crippen molar-refractivity contribution in [2.45, 2.75) is 39.2 Å². The summed E-state index contributed by atoms with van der Waals surface area (Å²) in [5.74, 6) is 0. The molecule has 0 radical (unpaired) electrons. The molecule has 2 rings (SSSR count). The standard InChI is InChI=1S/C17H22ClN3OS/c1-17(2,3)14-11-23-15(21-14)8-9-19-16(22)20-10-12-4-6-13(18)7-5-12/h4-7,11H,8-10H2,1-3H3,(H2,19,20,22). The Morgan fingerprint density at radius 1 is 1.22 bits per heavy atom. The van der Waals surface area contributed by atoms with Crippen molar-refractivity contribution in [1.29, 1.82) is 0 Å². The van der Waals surface area contributed by atoms with E-state index in [1.165, 1.54) is 0 Å². The molecule has 2 N–H and O–H groups in total. The monoisotopic (exact) mass is 351 g/mol. The maximum atomic E-state index is 11.8. The van der Waals surface area contributed by atoms with Crippen LogP contribution in [0.1, 0.15) is 37.0 Å². The molecule has 124 valence electrons. The molecule has 0 atom stereocenters. The highest BCUT2D eigenvalue weighted by Crippen LogP contribution is 2.23. The molecule has 1 heterocycles. The molecule has 0 saturated heterocycles. The highest BCUT2D eigenvalue weighted by atomic mass is 35.5. The zero-order valence-electron chi connectivity index (χ0n) is 13.6. The van der Waals surface area contributed by atoms with Gasteiger partial charge in [0.15, 0.2) is 0 Å². The minimum absolute atomic E-state index is 0.0676. The van der Waals surface area contributed by atoms with Gasteiger partial charge < -0.3 is 10.6 Å². The van der Waals surface area contributed by atoms with E-state index in [1.807, 2.05) is 24.3 Å². The molecule has 0 fully saturated rings. The number of nitrogens with zero attached hydrogens (tertiary/aromatic N) is 1. The highest BCUT2D eigenvalue weighted by Gasteiger charge is 2.17. The molecule has 0 unspecified atom stereocenters. The lowest BCUT2D eigenvalue weighted by atomic mass is 9.93. The van der Waals surface area contributed by atoms with Gasteiger partial charge in [0.05, 0.1) is 10.7 Å². The number of urea groups is 1. The summed E-state index contributed by atoms with van der Waals surface area (Å²) in [7, 11) is 0. The molecule has 6 heteroatoms. The third-order valence-electron chi connectivity index (χ3n) is 3.31. The van der Waals surface area contributed by atoms with Crippen molar-refractivity contribution in [1.82, 2.24) is 15.6 Å². The highest BCUT2D eigenvalue weighted by molar-refractivity contribution is 7.09. The van der Waals surface area contributed by atoms with Crippen LogP contribution in [0.25, 0.3) is 0 Å². The van der Waals surface area contributed by atoms with Crippen LogP contribution in [0.15, 0.2) is 29.6 Å². The summed E-state index contributed by atoms with van der Waals surface area (Å²) in [5.41, 5.74) is 2.18. The lowest BCUT2D eigenvalue weighted by molar-refractivity contribution is 0.240. The van der Waals surface area contributed by atoms with Crippen LogP contribution >= 0.6 is 22.9 Å². The normalized spacial score (nSPS) is 11.3.